The Hall–Kier alpha value is -6.40. The van der Waals surface area contributed by atoms with Gasteiger partial charge in [-0.2, -0.15) is 0 Å². The zero-order valence-electron chi connectivity index (χ0n) is 28.9. The fourth-order valence-electron chi connectivity index (χ4n) is 6.47. The molecule has 50 heavy (non-hydrogen) atoms. The van der Waals surface area contributed by atoms with Crippen molar-refractivity contribution >= 4 is 79.4 Å². The first kappa shape index (κ1) is 33.5. The molecule has 9 aromatic rings. The third-order valence-corrected chi connectivity index (χ3v) is 9.00. The monoisotopic (exact) mass is 652 g/mol. The van der Waals surface area contributed by atoms with Crippen LogP contribution >= 0.6 is 0 Å². The molecule has 0 atom stereocenters. The first-order valence-electron chi connectivity index (χ1n) is 16.4. The van der Waals surface area contributed by atoms with Crippen molar-refractivity contribution in [1.82, 2.24) is 14.0 Å². The molecule has 0 saturated heterocycles. The van der Waals surface area contributed by atoms with Gasteiger partial charge in [0.2, 0.25) is 0 Å². The maximum atomic E-state index is 7.32. The molecule has 0 fully saturated rings. The Labute approximate surface area is 292 Å². The molecule has 9 rings (SSSR count). The normalized spacial score (nSPS) is 10.7. The van der Waals surface area contributed by atoms with Gasteiger partial charge >= 0.3 is 0 Å². The number of pyridine rings is 1. The van der Waals surface area contributed by atoms with E-state index >= 15 is 0 Å². The first-order chi connectivity index (χ1) is 24.4. The van der Waals surface area contributed by atoms with E-state index in [1.165, 1.54) is 60.2 Å². The van der Waals surface area contributed by atoms with Gasteiger partial charge < -0.3 is 9.98 Å². The lowest BCUT2D eigenvalue weighted by molar-refractivity contribution is 1.02. The van der Waals surface area contributed by atoms with Crippen molar-refractivity contribution in [3.63, 3.8) is 0 Å². The highest BCUT2D eigenvalue weighted by atomic mass is 15.0. The Morgan fingerprint density at radius 2 is 1.04 bits per heavy atom. The van der Waals surface area contributed by atoms with Crippen molar-refractivity contribution in [2.24, 2.45) is 12.0 Å². The summed E-state index contributed by atoms with van der Waals surface area (Å²) in [6, 6.07) is 46.4. The Kier molecular flexibility index (Phi) is 9.63. The van der Waals surface area contributed by atoms with E-state index in [1.54, 1.807) is 0 Å². The van der Waals surface area contributed by atoms with E-state index in [9.17, 15) is 0 Å². The summed E-state index contributed by atoms with van der Waals surface area (Å²) in [4.78, 5) is 8.74. The molecule has 2 N–H and O–H groups in total. The van der Waals surface area contributed by atoms with Crippen LogP contribution in [-0.2, 0) is 7.05 Å². The van der Waals surface area contributed by atoms with Gasteiger partial charge in [-0.05, 0) is 63.9 Å². The lowest BCUT2D eigenvalue weighted by Gasteiger charge is -2.08. The highest BCUT2D eigenvalue weighted by Crippen LogP contribution is 2.37. The molecule has 0 amide bonds. The van der Waals surface area contributed by atoms with Crippen molar-refractivity contribution in [3.05, 3.63) is 156 Å². The highest BCUT2D eigenvalue weighted by molar-refractivity contribution is 6.19. The molecule has 0 aliphatic carbocycles. The molecule has 0 unspecified atom stereocenters. The second kappa shape index (κ2) is 14.4. The van der Waals surface area contributed by atoms with Crippen molar-refractivity contribution in [1.29, 1.82) is 10.8 Å². The molecule has 3 aromatic heterocycles. The molecule has 0 bridgehead atoms. The van der Waals surface area contributed by atoms with Crippen LogP contribution < -0.4 is 0 Å². The average molecular weight is 653 g/mol. The molecule has 0 radical (unpaired) electrons. The molecular formula is C44H40N6. The number of aryl methyl sites for hydroxylation is 4. The largest absolute Gasteiger partial charge is 0.342 e. The number of amidine groups is 1. The molecule has 246 valence electrons. The summed E-state index contributed by atoms with van der Waals surface area (Å²) in [5.41, 5.74) is 11.5. The minimum atomic E-state index is 0.227. The zero-order valence-corrected chi connectivity index (χ0v) is 28.9. The third kappa shape index (κ3) is 6.15. The van der Waals surface area contributed by atoms with Crippen LogP contribution in [0.1, 0.15) is 22.3 Å². The number of nitrogens with one attached hydrogen (secondary N) is 2. The first-order valence-corrected chi connectivity index (χ1v) is 16.4. The van der Waals surface area contributed by atoms with Crippen molar-refractivity contribution in [3.8, 4) is 0 Å². The van der Waals surface area contributed by atoms with Crippen LogP contribution in [-0.4, -0.2) is 33.2 Å². The number of aromatic nitrogens is 3. The second-order valence-electron chi connectivity index (χ2n) is 12.3. The van der Waals surface area contributed by atoms with Crippen molar-refractivity contribution in [2.75, 3.05) is 0 Å². The summed E-state index contributed by atoms with van der Waals surface area (Å²) >= 11 is 0. The van der Waals surface area contributed by atoms with Crippen LogP contribution in [0.5, 0.6) is 0 Å². The van der Waals surface area contributed by atoms with E-state index in [-0.39, 0.29) is 5.84 Å². The van der Waals surface area contributed by atoms with Gasteiger partial charge in [0.25, 0.3) is 0 Å². The molecule has 6 nitrogen and oxygen atoms in total. The summed E-state index contributed by atoms with van der Waals surface area (Å²) in [6.07, 6.45) is 0. The quantitative estimate of drug-likeness (QED) is 0.103. The number of para-hydroxylation sites is 2. The molecule has 6 heteroatoms. The van der Waals surface area contributed by atoms with Gasteiger partial charge in [-0.15, -0.1) is 0 Å². The number of benzene rings is 6. The predicted octanol–water partition coefficient (Wildman–Crippen LogP) is 11.0. The Balaban J connectivity index is 0.000000170. The summed E-state index contributed by atoms with van der Waals surface area (Å²) in [5, 5.41) is 19.0. The summed E-state index contributed by atoms with van der Waals surface area (Å²) in [6.45, 7) is 12.0. The number of aliphatic imine (C=N–C) groups is 1. The van der Waals surface area contributed by atoms with Gasteiger partial charge in [-0.1, -0.05) is 126 Å². The lowest BCUT2D eigenvalue weighted by Crippen LogP contribution is -1.92. The van der Waals surface area contributed by atoms with E-state index in [4.69, 9.17) is 15.8 Å². The van der Waals surface area contributed by atoms with Crippen molar-refractivity contribution < 1.29 is 0 Å². The number of rotatable bonds is 1. The summed E-state index contributed by atoms with van der Waals surface area (Å²) < 4.78 is 4.61. The Bertz CT molecular complexity index is 2620. The van der Waals surface area contributed by atoms with Gasteiger partial charge in [-0.3, -0.25) is 9.81 Å². The topological polar surface area (TPSA) is 82.3 Å². The Morgan fingerprint density at radius 3 is 1.62 bits per heavy atom. The summed E-state index contributed by atoms with van der Waals surface area (Å²) in [7, 11) is 2.14. The van der Waals surface area contributed by atoms with E-state index in [0.717, 1.165) is 22.2 Å². The van der Waals surface area contributed by atoms with Gasteiger partial charge in [0.05, 0.1) is 16.6 Å². The number of nitrogens with zero attached hydrogens (tertiary/aromatic N) is 4. The Morgan fingerprint density at radius 1 is 0.560 bits per heavy atom. The van der Waals surface area contributed by atoms with E-state index in [0.29, 0.717) is 0 Å². The number of imidazole rings is 1. The minimum Gasteiger partial charge on any atom is -0.342 e. The van der Waals surface area contributed by atoms with Crippen molar-refractivity contribution in [2.45, 2.75) is 20.8 Å². The standard InChI is InChI=1S/C26H17N3.C9H10N2.C8H10.CH3N/c1-28-21-12-6-4-10-18(21)19-14-15-23-24(25(19)28)27-26-20-11-3-2-8-16(20)17-9-5-7-13-22(17)29(23)26;1-7-3-5-8(6-4-7)9(10)11-2;1-7-3-5-8(2)6-4-7;1-2/h2-15H,1H3;3-6,10H,2H2,1H3;3-6H,1-2H3;2H,1H2. The fraction of sp³-hybridized carbons (Fsp3) is 0.0909. The zero-order chi connectivity index (χ0) is 35.4. The third-order valence-electron chi connectivity index (χ3n) is 9.00. The second-order valence-corrected chi connectivity index (χ2v) is 12.3. The number of fused-ring (bicyclic) bond motifs is 12. The smallest absolute Gasteiger partial charge is 0.151 e. The van der Waals surface area contributed by atoms with Gasteiger partial charge in [0.1, 0.15) is 11.2 Å². The predicted molar refractivity (Wildman–Crippen MR) is 215 cm³/mol. The van der Waals surface area contributed by atoms with E-state index < -0.39 is 0 Å². The molecular weight excluding hydrogens is 613 g/mol. The maximum Gasteiger partial charge on any atom is 0.151 e. The highest BCUT2D eigenvalue weighted by Gasteiger charge is 2.18. The molecule has 3 heterocycles. The number of hydrogen-bond donors (Lipinski definition) is 2. The lowest BCUT2D eigenvalue weighted by atomic mass is 10.1. The van der Waals surface area contributed by atoms with Gasteiger partial charge in [0, 0.05) is 39.7 Å². The average Bonchev–Trinajstić information content (AvgIpc) is 3.70. The van der Waals surface area contributed by atoms with Crippen LogP contribution in [0.25, 0.3) is 60.2 Å². The SMILES string of the molecule is C=N.C=NC(=N)c1ccc(C)cc1.Cc1ccc(C)cc1.Cn1c2ccccc2c2ccc3c(nc4c5ccccc5c5ccccc5n34)c21. The summed E-state index contributed by atoms with van der Waals surface area (Å²) in [5.74, 6) is 0.227. The molecule has 0 aliphatic rings. The van der Waals surface area contributed by atoms with E-state index in [1.807, 2.05) is 31.2 Å². The van der Waals surface area contributed by atoms with Gasteiger partial charge in [0.15, 0.2) is 5.84 Å². The van der Waals surface area contributed by atoms with Gasteiger partial charge in [-0.25, -0.2) is 9.98 Å². The molecule has 0 spiro atoms. The number of hydrogen-bond acceptors (Lipinski definition) is 3. The van der Waals surface area contributed by atoms with Crippen LogP contribution in [0.3, 0.4) is 0 Å². The van der Waals surface area contributed by atoms with Crippen LogP contribution in [0, 0.1) is 31.6 Å². The molecule has 6 aromatic carbocycles. The minimum absolute atomic E-state index is 0.227. The van der Waals surface area contributed by atoms with E-state index in [2.05, 4.69) is 157 Å². The van der Waals surface area contributed by atoms with Crippen LogP contribution in [0.15, 0.2) is 138 Å². The van der Waals surface area contributed by atoms with Crippen LogP contribution in [0.2, 0.25) is 0 Å². The molecule has 0 saturated carbocycles. The van der Waals surface area contributed by atoms with Crippen LogP contribution in [0.4, 0.5) is 0 Å². The fourth-order valence-corrected chi connectivity index (χ4v) is 6.47. The maximum absolute atomic E-state index is 7.32. The molecule has 0 aliphatic heterocycles.